The quantitative estimate of drug-likeness (QED) is 0.0126. The summed E-state index contributed by atoms with van der Waals surface area (Å²) >= 11 is 0. The van der Waals surface area contributed by atoms with Crippen molar-refractivity contribution in [3.8, 4) is 17.5 Å². The van der Waals surface area contributed by atoms with E-state index in [0.717, 1.165) is 24.0 Å². The van der Waals surface area contributed by atoms with Gasteiger partial charge in [-0.3, -0.25) is 38.1 Å². The normalized spacial score (nSPS) is 11.8. The summed E-state index contributed by atoms with van der Waals surface area (Å²) in [6.45, 7) is 10.2. The molecule has 0 aliphatic rings. The third-order valence-electron chi connectivity index (χ3n) is 13.0. The minimum Gasteiger partial charge on any atom is -0.493 e. The van der Waals surface area contributed by atoms with Gasteiger partial charge in [0.15, 0.2) is 23.0 Å². The first-order chi connectivity index (χ1) is 43.0. The van der Waals surface area contributed by atoms with E-state index >= 15 is 0 Å². The van der Waals surface area contributed by atoms with Crippen molar-refractivity contribution in [3.05, 3.63) is 112 Å². The Balaban J connectivity index is 0.876. The average molecular weight is 1240 g/mol. The van der Waals surface area contributed by atoms with E-state index in [1.54, 1.807) is 75.4 Å². The fourth-order valence-corrected chi connectivity index (χ4v) is 8.26. The molecule has 0 saturated heterocycles. The fraction of sp³-hybridized carbons (Fsp3) is 0.468. The third kappa shape index (κ3) is 25.6. The van der Waals surface area contributed by atoms with Crippen LogP contribution in [0.25, 0.3) is 17.2 Å². The van der Waals surface area contributed by atoms with Crippen LogP contribution in [0, 0.1) is 5.92 Å². The number of benzene rings is 3. The summed E-state index contributed by atoms with van der Waals surface area (Å²) in [5.74, 6) is -4.65. The number of unbranched alkanes of at least 4 members (excludes halogenated alkanes) is 1. The fourth-order valence-electron chi connectivity index (χ4n) is 8.26. The number of aromatic amines is 1. The lowest BCUT2D eigenvalue weighted by Crippen LogP contribution is -2.55. The molecule has 27 nitrogen and oxygen atoms in total. The van der Waals surface area contributed by atoms with E-state index in [9.17, 15) is 43.2 Å². The number of amides is 5. The second-order valence-corrected chi connectivity index (χ2v) is 20.4. The summed E-state index contributed by atoms with van der Waals surface area (Å²) in [6, 6.07) is 18.1. The number of methoxy groups -OCH3 is 1. The zero-order valence-corrected chi connectivity index (χ0v) is 51.0. The van der Waals surface area contributed by atoms with Gasteiger partial charge in [0.2, 0.25) is 23.6 Å². The van der Waals surface area contributed by atoms with Crippen LogP contribution >= 0.6 is 0 Å². The number of rotatable bonds is 41. The maximum atomic E-state index is 13.4. The molecule has 5 rings (SSSR count). The van der Waals surface area contributed by atoms with Gasteiger partial charge in [0.25, 0.3) is 5.91 Å². The lowest BCUT2D eigenvalue weighted by molar-refractivity contribution is -0.150. The summed E-state index contributed by atoms with van der Waals surface area (Å²) < 4.78 is 45.0. The lowest BCUT2D eigenvalue weighted by Gasteiger charge is -2.25. The summed E-state index contributed by atoms with van der Waals surface area (Å²) in [4.78, 5) is 126. The molecule has 0 fully saturated rings. The number of H-pyrrole nitrogens is 1. The van der Waals surface area contributed by atoms with Crippen LogP contribution in [0.15, 0.2) is 83.7 Å². The Morgan fingerprint density at radius 1 is 0.708 bits per heavy atom. The molecule has 482 valence electrons. The molecule has 2 heterocycles. The van der Waals surface area contributed by atoms with Crippen LogP contribution in [0.1, 0.15) is 106 Å². The van der Waals surface area contributed by atoms with Crippen LogP contribution in [0.2, 0.25) is 0 Å². The van der Waals surface area contributed by atoms with Gasteiger partial charge in [0.1, 0.15) is 24.2 Å². The standard InChI is InChI=1S/C62H82N10O17/c1-6-8-32-87-61-70-56(63)55-57(71-61)72(62(81)69-55)39-43-16-20-45(21-17-43)58(78)65-29-13-31-84-34-36-85-35-33-83-30-12-28-64-49(73)25-27-53(77)89-47-23-18-42(37-48(47)82-5)19-24-50(74)66-38-51(75)68-54(41(3)4)59(79)67-46(22-26-52(76)86-7-2)60(80)88-40-44-14-10-9-11-15-44/h9-11,14-21,23-24,37,41,46,54H,6-8,12-13,22,25-36,38-40H2,1-5H3,(H,64,73)(H,65,78)(H,66,74)(H,67,79)(H,68,75)(H,69,81)(H2,63,70,71)/b24-19+/t46-,54+/m1/s1. The number of anilines is 1. The average Bonchev–Trinajstić information content (AvgIpc) is 1.76. The summed E-state index contributed by atoms with van der Waals surface area (Å²) in [5.41, 5.74) is 8.78. The number of nitrogens with two attached hydrogens (primary N) is 1. The number of esters is 3. The third-order valence-corrected chi connectivity index (χ3v) is 13.0. The van der Waals surface area contributed by atoms with Gasteiger partial charge in [-0.05, 0) is 85.6 Å². The van der Waals surface area contributed by atoms with Gasteiger partial charge in [-0.25, -0.2) is 9.59 Å². The predicted octanol–water partition coefficient (Wildman–Crippen LogP) is 3.84. The Morgan fingerprint density at radius 2 is 1.40 bits per heavy atom. The van der Waals surface area contributed by atoms with Gasteiger partial charge in [0, 0.05) is 50.8 Å². The number of imidazole rings is 1. The van der Waals surface area contributed by atoms with E-state index in [0.29, 0.717) is 94.5 Å². The molecule has 0 saturated carbocycles. The highest BCUT2D eigenvalue weighted by molar-refractivity contribution is 5.96. The zero-order valence-electron chi connectivity index (χ0n) is 51.0. The number of hydrogen-bond donors (Lipinski definition) is 7. The SMILES string of the molecule is CCCCOc1nc(N)c2[nH]c(=O)n(Cc3ccc(C(=O)NCCCOCCOCCOCCCNC(=O)CCC(=O)Oc4ccc(/C=C/C(=O)NCC(=O)N[C@H](C(=O)N[C@H](CCC(=O)OCC)C(=O)OCc5ccccc5)C(C)C)cc4OC)cc3)c2n1. The molecular formula is C62H82N10O17. The molecule has 2 aromatic heterocycles. The Morgan fingerprint density at radius 3 is 2.08 bits per heavy atom. The lowest BCUT2D eigenvalue weighted by atomic mass is 10.0. The van der Waals surface area contributed by atoms with E-state index in [4.69, 9.17) is 43.6 Å². The van der Waals surface area contributed by atoms with Crippen LogP contribution in [0.4, 0.5) is 5.82 Å². The van der Waals surface area contributed by atoms with Gasteiger partial charge in [-0.2, -0.15) is 9.97 Å². The highest BCUT2D eigenvalue weighted by Gasteiger charge is 2.30. The van der Waals surface area contributed by atoms with Gasteiger partial charge in [0.05, 0.1) is 66.3 Å². The van der Waals surface area contributed by atoms with Crippen molar-refractivity contribution < 1.29 is 76.3 Å². The molecule has 0 spiro atoms. The van der Waals surface area contributed by atoms with Gasteiger partial charge in [-0.1, -0.05) is 75.7 Å². The highest BCUT2D eigenvalue weighted by Crippen LogP contribution is 2.29. The molecule has 5 aromatic rings. The Labute approximate surface area is 515 Å². The van der Waals surface area contributed by atoms with E-state index in [1.807, 2.05) is 13.0 Å². The van der Waals surface area contributed by atoms with Crippen LogP contribution in [0.3, 0.4) is 0 Å². The van der Waals surface area contributed by atoms with E-state index in [-0.39, 0.29) is 80.6 Å². The van der Waals surface area contributed by atoms with Crippen molar-refractivity contribution in [1.29, 1.82) is 0 Å². The first-order valence-electron chi connectivity index (χ1n) is 29.5. The topological polar surface area (TPSA) is 360 Å². The minimum absolute atomic E-state index is 0.0600. The van der Waals surface area contributed by atoms with Crippen LogP contribution < -0.4 is 52.2 Å². The van der Waals surface area contributed by atoms with Crippen molar-refractivity contribution in [2.45, 2.75) is 104 Å². The smallest absolute Gasteiger partial charge is 0.328 e. The number of carbonyl (C=O) groups excluding carboxylic acids is 8. The summed E-state index contributed by atoms with van der Waals surface area (Å²) in [5, 5.41) is 13.3. The maximum Gasteiger partial charge on any atom is 0.328 e. The second-order valence-electron chi connectivity index (χ2n) is 20.4. The molecule has 3 aromatic carbocycles. The molecule has 0 radical (unpaired) electrons. The van der Waals surface area contributed by atoms with Gasteiger partial charge >= 0.3 is 29.6 Å². The Hall–Kier alpha value is -9.21. The monoisotopic (exact) mass is 1240 g/mol. The molecule has 0 unspecified atom stereocenters. The van der Waals surface area contributed by atoms with Crippen molar-refractivity contribution in [2.75, 3.05) is 85.3 Å². The minimum atomic E-state index is -1.22. The van der Waals surface area contributed by atoms with Gasteiger partial charge < -0.3 is 75.2 Å². The predicted molar refractivity (Wildman–Crippen MR) is 326 cm³/mol. The summed E-state index contributed by atoms with van der Waals surface area (Å²) in [6.07, 6.45) is 4.91. The number of hydrogen-bond acceptors (Lipinski definition) is 20. The zero-order chi connectivity index (χ0) is 64.3. The molecule has 0 aliphatic heterocycles. The largest absolute Gasteiger partial charge is 0.493 e. The number of nitrogen functional groups attached to an aromatic ring is 1. The molecule has 0 aliphatic carbocycles. The number of nitrogens with one attached hydrogen (secondary N) is 6. The second kappa shape index (κ2) is 38.8. The molecule has 0 bridgehead atoms. The molecule has 5 amide bonds. The van der Waals surface area contributed by atoms with E-state index in [1.165, 1.54) is 36.0 Å². The molecule has 27 heteroatoms. The van der Waals surface area contributed by atoms with Crippen LogP contribution in [0.5, 0.6) is 17.5 Å². The number of carbonyl (C=O) groups is 8. The first kappa shape index (κ1) is 70.6. The molecule has 89 heavy (non-hydrogen) atoms. The number of nitrogens with zero attached hydrogens (tertiary/aromatic N) is 3. The van der Waals surface area contributed by atoms with Crippen molar-refractivity contribution in [3.63, 3.8) is 0 Å². The van der Waals surface area contributed by atoms with Crippen molar-refractivity contribution in [1.82, 2.24) is 46.1 Å². The van der Waals surface area contributed by atoms with Crippen molar-refractivity contribution >= 4 is 70.5 Å². The molecule has 2 atom stereocenters. The van der Waals surface area contributed by atoms with E-state index < -0.39 is 65.9 Å². The summed E-state index contributed by atoms with van der Waals surface area (Å²) in [7, 11) is 1.37. The molecular weight excluding hydrogens is 1160 g/mol. The number of fused-ring (bicyclic) bond motifs is 1. The Bertz CT molecular complexity index is 3190. The van der Waals surface area contributed by atoms with Crippen LogP contribution in [-0.4, -0.2) is 159 Å². The molecule has 8 N–H and O–H groups in total. The maximum absolute atomic E-state index is 13.4. The van der Waals surface area contributed by atoms with Crippen molar-refractivity contribution in [2.24, 2.45) is 5.92 Å². The highest BCUT2D eigenvalue weighted by atomic mass is 16.6. The Kier molecular flexibility index (Phi) is 30.8. The number of ether oxygens (including phenoxy) is 8. The number of aromatic nitrogens is 4. The first-order valence-corrected chi connectivity index (χ1v) is 29.5. The van der Waals surface area contributed by atoms with Gasteiger partial charge in [-0.15, -0.1) is 0 Å². The van der Waals surface area contributed by atoms with E-state index in [2.05, 4.69) is 41.5 Å². The van der Waals surface area contributed by atoms with Crippen LogP contribution in [-0.2, 0) is 70.4 Å².